The van der Waals surface area contributed by atoms with Crippen molar-refractivity contribution in [1.82, 2.24) is 20.0 Å². The molecule has 2 aliphatic rings. The molecule has 2 aliphatic heterocycles. The highest BCUT2D eigenvalue weighted by Gasteiger charge is 2.32. The van der Waals surface area contributed by atoms with Crippen molar-refractivity contribution in [3.8, 4) is 0 Å². The first-order valence-corrected chi connectivity index (χ1v) is 12.1. The van der Waals surface area contributed by atoms with Gasteiger partial charge in [-0.15, -0.1) is 0 Å². The largest absolute Gasteiger partial charge is 0.379 e. The molecular weight excluding hydrogens is 432 g/mol. The van der Waals surface area contributed by atoms with Crippen LogP contribution in [0.3, 0.4) is 0 Å². The van der Waals surface area contributed by atoms with Crippen molar-refractivity contribution in [2.24, 2.45) is 0 Å². The van der Waals surface area contributed by atoms with Gasteiger partial charge in [-0.25, -0.2) is 0 Å². The lowest BCUT2D eigenvalue weighted by Crippen LogP contribution is -2.52. The van der Waals surface area contributed by atoms with Crippen molar-refractivity contribution in [3.63, 3.8) is 0 Å². The van der Waals surface area contributed by atoms with Gasteiger partial charge in [0.15, 0.2) is 0 Å². The predicted octanol–water partition coefficient (Wildman–Crippen LogP) is 1.98. The Balaban J connectivity index is 1.21. The number of carbonyl (C=O) groups is 3. The summed E-state index contributed by atoms with van der Waals surface area (Å²) in [6, 6.07) is 11.2. The summed E-state index contributed by atoms with van der Waals surface area (Å²) in [7, 11) is 0. The number of benzene rings is 2. The molecule has 182 valence electrons. The topological polar surface area (TPSA) is 82.2 Å². The SMILES string of the molecule is CC(C)OCCCNC(=O)CN1CCN(CCN2C(=O)c3cccc4cccc(c34)C2=O)CC1. The van der Waals surface area contributed by atoms with Gasteiger partial charge in [-0.1, -0.05) is 24.3 Å². The number of nitrogens with one attached hydrogen (secondary N) is 1. The molecule has 0 aromatic heterocycles. The molecule has 0 radical (unpaired) electrons. The van der Waals surface area contributed by atoms with Crippen LogP contribution in [0.4, 0.5) is 0 Å². The average Bonchev–Trinajstić information content (AvgIpc) is 2.83. The van der Waals surface area contributed by atoms with Gasteiger partial charge in [-0.05, 0) is 37.8 Å². The van der Waals surface area contributed by atoms with Gasteiger partial charge >= 0.3 is 0 Å². The molecule has 1 N–H and O–H groups in total. The second kappa shape index (κ2) is 11.1. The zero-order chi connectivity index (χ0) is 24.1. The van der Waals surface area contributed by atoms with Gasteiger partial charge in [0, 0.05) is 68.9 Å². The van der Waals surface area contributed by atoms with E-state index in [0.717, 1.165) is 43.4 Å². The third kappa shape index (κ3) is 5.63. The van der Waals surface area contributed by atoms with Crippen molar-refractivity contribution >= 4 is 28.5 Å². The molecule has 2 aromatic rings. The van der Waals surface area contributed by atoms with E-state index >= 15 is 0 Å². The van der Waals surface area contributed by atoms with Crippen molar-refractivity contribution in [2.45, 2.75) is 26.4 Å². The predicted molar refractivity (Wildman–Crippen MR) is 131 cm³/mol. The molecule has 34 heavy (non-hydrogen) atoms. The third-order valence-electron chi connectivity index (χ3n) is 6.42. The molecule has 1 saturated heterocycles. The monoisotopic (exact) mass is 466 g/mol. The summed E-state index contributed by atoms with van der Waals surface area (Å²) < 4.78 is 5.48. The summed E-state index contributed by atoms with van der Waals surface area (Å²) in [5, 5.41) is 4.63. The minimum absolute atomic E-state index is 0.0374. The summed E-state index contributed by atoms with van der Waals surface area (Å²) in [6.45, 7) is 9.84. The van der Waals surface area contributed by atoms with Gasteiger partial charge in [0.1, 0.15) is 0 Å². The fraction of sp³-hybridized carbons (Fsp3) is 0.500. The fourth-order valence-corrected chi connectivity index (χ4v) is 4.57. The number of rotatable bonds is 10. The van der Waals surface area contributed by atoms with E-state index in [1.165, 1.54) is 4.90 Å². The Labute approximate surface area is 200 Å². The second-order valence-corrected chi connectivity index (χ2v) is 9.21. The van der Waals surface area contributed by atoms with Crippen molar-refractivity contribution in [3.05, 3.63) is 47.5 Å². The van der Waals surface area contributed by atoms with Crippen molar-refractivity contribution in [2.75, 3.05) is 59.0 Å². The minimum Gasteiger partial charge on any atom is -0.379 e. The zero-order valence-corrected chi connectivity index (χ0v) is 20.1. The number of hydrogen-bond acceptors (Lipinski definition) is 6. The summed E-state index contributed by atoms with van der Waals surface area (Å²) in [5.74, 6) is -0.401. The number of amides is 3. The van der Waals surface area contributed by atoms with E-state index in [2.05, 4.69) is 15.1 Å². The number of nitrogens with zero attached hydrogens (tertiary/aromatic N) is 3. The summed E-state index contributed by atoms with van der Waals surface area (Å²) in [5.41, 5.74) is 1.19. The molecule has 0 aliphatic carbocycles. The molecule has 0 unspecified atom stereocenters. The molecule has 8 heteroatoms. The molecule has 1 fully saturated rings. The van der Waals surface area contributed by atoms with E-state index in [1.54, 1.807) is 12.1 Å². The third-order valence-corrected chi connectivity index (χ3v) is 6.42. The molecule has 4 rings (SSSR count). The Morgan fingerprint density at radius 1 is 0.941 bits per heavy atom. The lowest BCUT2D eigenvalue weighted by Gasteiger charge is -2.35. The summed E-state index contributed by atoms with van der Waals surface area (Å²) >= 11 is 0. The molecule has 2 heterocycles. The Kier molecular flexibility index (Phi) is 7.92. The van der Waals surface area contributed by atoms with Crippen LogP contribution in [-0.4, -0.2) is 97.5 Å². The van der Waals surface area contributed by atoms with Crippen LogP contribution >= 0.6 is 0 Å². The molecule has 0 atom stereocenters. The second-order valence-electron chi connectivity index (χ2n) is 9.21. The minimum atomic E-state index is -0.219. The highest BCUT2D eigenvalue weighted by Crippen LogP contribution is 2.29. The Morgan fingerprint density at radius 2 is 1.56 bits per heavy atom. The van der Waals surface area contributed by atoms with Crippen LogP contribution in [0.25, 0.3) is 10.8 Å². The van der Waals surface area contributed by atoms with Crippen LogP contribution in [-0.2, 0) is 9.53 Å². The quantitative estimate of drug-likeness (QED) is 0.426. The van der Waals surface area contributed by atoms with Crippen LogP contribution < -0.4 is 5.32 Å². The number of hydrogen-bond donors (Lipinski definition) is 1. The van der Waals surface area contributed by atoms with Gasteiger partial charge in [-0.2, -0.15) is 0 Å². The number of carbonyl (C=O) groups excluding carboxylic acids is 3. The van der Waals surface area contributed by atoms with E-state index < -0.39 is 0 Å². The van der Waals surface area contributed by atoms with Crippen molar-refractivity contribution in [1.29, 1.82) is 0 Å². The maximum atomic E-state index is 13.0. The van der Waals surface area contributed by atoms with E-state index in [-0.39, 0.29) is 23.8 Å². The fourth-order valence-electron chi connectivity index (χ4n) is 4.57. The number of imide groups is 1. The van der Waals surface area contributed by atoms with Crippen LogP contribution in [0.1, 0.15) is 41.0 Å². The van der Waals surface area contributed by atoms with Gasteiger partial charge < -0.3 is 10.1 Å². The van der Waals surface area contributed by atoms with E-state index in [4.69, 9.17) is 4.74 Å². The highest BCUT2D eigenvalue weighted by atomic mass is 16.5. The standard InChI is InChI=1S/C26H34N4O4/c1-19(2)34-17-5-10-27-23(31)18-29-13-11-28(12-14-29)15-16-30-25(32)21-8-3-6-20-7-4-9-22(24(20)21)26(30)33/h3-4,6-9,19H,5,10-18H2,1-2H3,(H,27,31). The van der Waals surface area contributed by atoms with Gasteiger partial charge in [0.25, 0.3) is 11.8 Å². The molecular formula is C26H34N4O4. The molecule has 8 nitrogen and oxygen atoms in total. The van der Waals surface area contributed by atoms with Gasteiger partial charge in [-0.3, -0.25) is 29.1 Å². The molecule has 2 aromatic carbocycles. The summed E-state index contributed by atoms with van der Waals surface area (Å²) in [4.78, 5) is 44.0. The van der Waals surface area contributed by atoms with E-state index in [0.29, 0.717) is 43.9 Å². The lowest BCUT2D eigenvalue weighted by atomic mass is 9.94. The van der Waals surface area contributed by atoms with Crippen LogP contribution in [0.5, 0.6) is 0 Å². The Hall–Kier alpha value is -2.81. The summed E-state index contributed by atoms with van der Waals surface area (Å²) in [6.07, 6.45) is 1.02. The van der Waals surface area contributed by atoms with Gasteiger partial charge in [0.05, 0.1) is 12.6 Å². The molecule has 0 saturated carbocycles. The first-order chi connectivity index (χ1) is 16.4. The Bertz CT molecular complexity index is 996. The number of ether oxygens (including phenoxy) is 1. The molecule has 3 amide bonds. The van der Waals surface area contributed by atoms with E-state index in [9.17, 15) is 14.4 Å². The number of piperazine rings is 1. The Morgan fingerprint density at radius 3 is 2.18 bits per heavy atom. The first-order valence-electron chi connectivity index (χ1n) is 12.1. The van der Waals surface area contributed by atoms with Crippen LogP contribution in [0, 0.1) is 0 Å². The first kappa shape index (κ1) is 24.3. The maximum Gasteiger partial charge on any atom is 0.261 e. The van der Waals surface area contributed by atoms with Gasteiger partial charge in [0.2, 0.25) is 5.91 Å². The smallest absolute Gasteiger partial charge is 0.261 e. The molecule has 0 bridgehead atoms. The van der Waals surface area contributed by atoms with E-state index in [1.807, 2.05) is 38.1 Å². The molecule has 0 spiro atoms. The maximum absolute atomic E-state index is 13.0. The zero-order valence-electron chi connectivity index (χ0n) is 20.1. The van der Waals surface area contributed by atoms with Crippen LogP contribution in [0.2, 0.25) is 0 Å². The normalized spacial score (nSPS) is 17.1. The average molecular weight is 467 g/mol. The van der Waals surface area contributed by atoms with Crippen molar-refractivity contribution < 1.29 is 19.1 Å². The highest BCUT2D eigenvalue weighted by molar-refractivity contribution is 6.25. The lowest BCUT2D eigenvalue weighted by molar-refractivity contribution is -0.122. The van der Waals surface area contributed by atoms with Crippen LogP contribution in [0.15, 0.2) is 36.4 Å².